The average Bonchev–Trinajstić information content (AvgIpc) is 2.86. The summed E-state index contributed by atoms with van der Waals surface area (Å²) in [5, 5.41) is 3.47. The minimum absolute atomic E-state index is 0.0416. The molecule has 0 spiro atoms. The van der Waals surface area contributed by atoms with Crippen LogP contribution in [-0.2, 0) is 13.0 Å². The Morgan fingerprint density at radius 3 is 2.61 bits per heavy atom. The molecular weight excluding hydrogens is 328 g/mol. The molecule has 0 saturated carbocycles. The van der Waals surface area contributed by atoms with Crippen LogP contribution in [0.5, 0.6) is 0 Å². The van der Waals surface area contributed by atoms with Gasteiger partial charge >= 0.3 is 5.76 Å². The van der Waals surface area contributed by atoms with Gasteiger partial charge in [-0.15, -0.1) is 0 Å². The van der Waals surface area contributed by atoms with Gasteiger partial charge in [0.05, 0.1) is 6.54 Å². The van der Waals surface area contributed by atoms with Crippen LogP contribution in [0.2, 0.25) is 5.15 Å². The molecule has 2 aromatic heterocycles. The summed E-state index contributed by atoms with van der Waals surface area (Å²) in [6, 6.07) is 6.99. The molecule has 0 unspecified atom stereocenters. The van der Waals surface area contributed by atoms with E-state index in [-0.39, 0.29) is 23.9 Å². The number of hydrogen-bond donors (Lipinski definition) is 0. The van der Waals surface area contributed by atoms with Crippen molar-refractivity contribution in [3.05, 3.63) is 80.8 Å². The van der Waals surface area contributed by atoms with Gasteiger partial charge in [0.1, 0.15) is 5.82 Å². The first-order chi connectivity index (χ1) is 11.0. The molecule has 118 valence electrons. The number of nitrogens with zero attached hydrogens (tertiary/aromatic N) is 3. The molecule has 0 radical (unpaired) electrons. The van der Waals surface area contributed by atoms with Crippen LogP contribution in [0.25, 0.3) is 0 Å². The Labute approximate surface area is 134 Å². The molecule has 0 aliphatic rings. The van der Waals surface area contributed by atoms with Crippen LogP contribution in [0, 0.1) is 11.6 Å². The lowest BCUT2D eigenvalue weighted by Crippen LogP contribution is -2.18. The Kier molecular flexibility index (Phi) is 4.20. The minimum atomic E-state index is -0.672. The van der Waals surface area contributed by atoms with Crippen LogP contribution < -0.4 is 5.76 Å². The number of pyridine rings is 1. The summed E-state index contributed by atoms with van der Waals surface area (Å²) in [6.45, 7) is 0.0416. The average molecular weight is 338 g/mol. The number of aromatic nitrogens is 3. The molecule has 0 aliphatic heterocycles. The van der Waals surface area contributed by atoms with Crippen molar-refractivity contribution in [2.75, 3.05) is 0 Å². The van der Waals surface area contributed by atoms with Gasteiger partial charge < -0.3 is 0 Å². The molecule has 3 rings (SSSR count). The topological polar surface area (TPSA) is 60.9 Å². The quantitative estimate of drug-likeness (QED) is 0.687. The third-order valence-corrected chi connectivity index (χ3v) is 3.51. The molecule has 0 atom stereocenters. The van der Waals surface area contributed by atoms with E-state index in [0.29, 0.717) is 11.4 Å². The third kappa shape index (κ3) is 3.45. The van der Waals surface area contributed by atoms with Crippen molar-refractivity contribution in [3.63, 3.8) is 0 Å². The van der Waals surface area contributed by atoms with Crippen molar-refractivity contribution in [2.45, 2.75) is 13.0 Å². The molecule has 0 fully saturated rings. The lowest BCUT2D eigenvalue weighted by Gasteiger charge is -2.05. The monoisotopic (exact) mass is 337 g/mol. The van der Waals surface area contributed by atoms with E-state index in [1.54, 1.807) is 12.1 Å². The summed E-state index contributed by atoms with van der Waals surface area (Å²) < 4.78 is 32.3. The summed E-state index contributed by atoms with van der Waals surface area (Å²) in [5.74, 6) is -1.35. The Morgan fingerprint density at radius 1 is 1.17 bits per heavy atom. The number of hydrogen-bond acceptors (Lipinski definition) is 4. The Hall–Kier alpha value is -2.54. The van der Waals surface area contributed by atoms with Crippen LogP contribution >= 0.6 is 11.6 Å². The summed E-state index contributed by atoms with van der Waals surface area (Å²) in [6.07, 6.45) is 1.64. The zero-order valence-electron chi connectivity index (χ0n) is 11.7. The predicted molar refractivity (Wildman–Crippen MR) is 78.3 cm³/mol. The van der Waals surface area contributed by atoms with Crippen molar-refractivity contribution in [1.82, 2.24) is 14.7 Å². The van der Waals surface area contributed by atoms with Gasteiger partial charge in [0.15, 0.2) is 16.8 Å². The molecule has 0 amide bonds. The van der Waals surface area contributed by atoms with Gasteiger partial charge in [-0.2, -0.15) is 0 Å². The van der Waals surface area contributed by atoms with Crippen LogP contribution in [0.15, 0.2) is 45.8 Å². The number of halogens is 3. The zero-order valence-corrected chi connectivity index (χ0v) is 12.4. The maximum absolute atomic E-state index is 13.4. The highest BCUT2D eigenvalue weighted by molar-refractivity contribution is 6.29. The third-order valence-electron chi connectivity index (χ3n) is 3.23. The van der Waals surface area contributed by atoms with Crippen molar-refractivity contribution < 1.29 is 13.3 Å². The molecule has 8 heteroatoms. The zero-order chi connectivity index (χ0) is 16.4. The molecule has 0 bridgehead atoms. The van der Waals surface area contributed by atoms with Crippen LogP contribution in [-0.4, -0.2) is 14.7 Å². The van der Waals surface area contributed by atoms with Crippen molar-refractivity contribution in [1.29, 1.82) is 0 Å². The summed E-state index contributed by atoms with van der Waals surface area (Å²) in [5.41, 5.74) is 1.20. The highest BCUT2D eigenvalue weighted by Crippen LogP contribution is 2.14. The molecule has 3 aromatic rings. The highest BCUT2D eigenvalue weighted by atomic mass is 35.5. The summed E-state index contributed by atoms with van der Waals surface area (Å²) in [4.78, 5) is 15.5. The molecule has 0 saturated heterocycles. The van der Waals surface area contributed by atoms with Crippen molar-refractivity contribution >= 4 is 11.6 Å². The normalized spacial score (nSPS) is 10.9. The van der Waals surface area contributed by atoms with Gasteiger partial charge in [0, 0.05) is 12.6 Å². The predicted octanol–water partition coefficient (Wildman–Crippen LogP) is 2.80. The Morgan fingerprint density at radius 2 is 1.91 bits per heavy atom. The fourth-order valence-corrected chi connectivity index (χ4v) is 2.20. The van der Waals surface area contributed by atoms with E-state index in [0.717, 1.165) is 5.56 Å². The van der Waals surface area contributed by atoms with Crippen molar-refractivity contribution in [2.24, 2.45) is 0 Å². The van der Waals surface area contributed by atoms with Gasteiger partial charge in [-0.05, 0) is 29.3 Å². The largest absolute Gasteiger partial charge is 0.441 e. The second-order valence-electron chi connectivity index (χ2n) is 4.87. The first-order valence-electron chi connectivity index (χ1n) is 6.62. The molecular formula is C15H10ClF2N3O2. The lowest BCUT2D eigenvalue weighted by atomic mass is 10.1. The molecule has 0 N–H and O–H groups in total. The first kappa shape index (κ1) is 15.4. The van der Waals surface area contributed by atoms with E-state index in [9.17, 15) is 13.6 Å². The lowest BCUT2D eigenvalue weighted by molar-refractivity contribution is 0.375. The maximum Gasteiger partial charge on any atom is 0.441 e. The Bertz CT molecular complexity index is 890. The summed E-state index contributed by atoms with van der Waals surface area (Å²) >= 11 is 5.53. The molecule has 1 aromatic carbocycles. The van der Waals surface area contributed by atoms with Gasteiger partial charge in [-0.3, -0.25) is 9.09 Å². The number of rotatable bonds is 4. The van der Waals surface area contributed by atoms with E-state index in [1.807, 2.05) is 0 Å². The van der Waals surface area contributed by atoms with E-state index in [4.69, 9.17) is 11.6 Å². The smallest absolute Gasteiger partial charge is 0.296 e. The van der Waals surface area contributed by atoms with E-state index in [1.165, 1.54) is 29.0 Å². The SMILES string of the molecule is O=c1onc(Cc2ccc(F)cc2)n1Cc1cnc(Cl)c(F)c1. The van der Waals surface area contributed by atoms with Gasteiger partial charge in [-0.1, -0.05) is 28.9 Å². The first-order valence-corrected chi connectivity index (χ1v) is 7.00. The van der Waals surface area contributed by atoms with E-state index >= 15 is 0 Å². The standard InChI is InChI=1S/C15H10ClF2N3O2/c16-14-12(18)5-10(7-19-14)8-21-13(20-23-15(21)22)6-9-1-3-11(17)4-2-9/h1-5,7H,6,8H2. The highest BCUT2D eigenvalue weighted by Gasteiger charge is 2.13. The van der Waals surface area contributed by atoms with Crippen LogP contribution in [0.3, 0.4) is 0 Å². The van der Waals surface area contributed by atoms with Gasteiger partial charge in [0.25, 0.3) is 0 Å². The van der Waals surface area contributed by atoms with E-state index in [2.05, 4.69) is 14.7 Å². The summed E-state index contributed by atoms with van der Waals surface area (Å²) in [7, 11) is 0. The van der Waals surface area contributed by atoms with Crippen LogP contribution in [0.4, 0.5) is 8.78 Å². The van der Waals surface area contributed by atoms with Crippen LogP contribution in [0.1, 0.15) is 17.0 Å². The van der Waals surface area contributed by atoms with Gasteiger partial charge in [0.2, 0.25) is 0 Å². The second kappa shape index (κ2) is 6.29. The maximum atomic E-state index is 13.4. The Balaban J connectivity index is 1.87. The molecule has 0 aliphatic carbocycles. The van der Waals surface area contributed by atoms with E-state index < -0.39 is 11.6 Å². The second-order valence-corrected chi connectivity index (χ2v) is 5.23. The minimum Gasteiger partial charge on any atom is -0.296 e. The van der Waals surface area contributed by atoms with Gasteiger partial charge in [-0.25, -0.2) is 18.6 Å². The molecule has 2 heterocycles. The fraction of sp³-hybridized carbons (Fsp3) is 0.133. The molecule has 23 heavy (non-hydrogen) atoms. The van der Waals surface area contributed by atoms with Crippen molar-refractivity contribution in [3.8, 4) is 0 Å². The fourth-order valence-electron chi connectivity index (χ4n) is 2.09. The molecule has 5 nitrogen and oxygen atoms in total. The number of benzene rings is 1.